The van der Waals surface area contributed by atoms with Gasteiger partial charge in [0.15, 0.2) is 5.82 Å². The second-order valence-electron chi connectivity index (χ2n) is 7.46. The summed E-state index contributed by atoms with van der Waals surface area (Å²) in [4.78, 5) is 21.5. The van der Waals surface area contributed by atoms with Crippen LogP contribution in [0.4, 0.5) is 0 Å². The normalized spacial score (nSPS) is 20.7. The van der Waals surface area contributed by atoms with Crippen LogP contribution in [-0.2, 0) is 9.53 Å². The Kier molecular flexibility index (Phi) is 5.66. The van der Waals surface area contributed by atoms with Gasteiger partial charge in [-0.2, -0.15) is 4.98 Å². The lowest BCUT2D eigenvalue weighted by Gasteiger charge is -2.39. The summed E-state index contributed by atoms with van der Waals surface area (Å²) in [6.45, 7) is 5.12. The molecule has 2 atom stereocenters. The van der Waals surface area contributed by atoms with Crippen molar-refractivity contribution >= 4 is 17.6 Å². The van der Waals surface area contributed by atoms with E-state index >= 15 is 0 Å². The maximum Gasteiger partial charge on any atom is 0.327 e. The number of rotatable bonds is 6. The summed E-state index contributed by atoms with van der Waals surface area (Å²) in [7, 11) is 1.41. The van der Waals surface area contributed by atoms with Crippen LogP contribution in [0.25, 0.3) is 0 Å². The predicted molar refractivity (Wildman–Crippen MR) is 104 cm³/mol. The monoisotopic (exact) mass is 404 g/mol. The number of carbonyl (C=O) groups excluding carboxylic acids is 1. The molecule has 2 heterocycles. The van der Waals surface area contributed by atoms with E-state index in [-0.39, 0.29) is 12.0 Å². The minimum atomic E-state index is -0.499. The molecule has 2 aliphatic rings. The first-order valence-electron chi connectivity index (χ1n) is 9.72. The number of aromatic nitrogens is 2. The predicted octanol–water partition coefficient (Wildman–Crippen LogP) is 3.19. The molecule has 0 N–H and O–H groups in total. The van der Waals surface area contributed by atoms with Gasteiger partial charge in [0.1, 0.15) is 6.04 Å². The van der Waals surface area contributed by atoms with E-state index in [0.29, 0.717) is 16.8 Å². The first-order valence-corrected chi connectivity index (χ1v) is 10.1. The summed E-state index contributed by atoms with van der Waals surface area (Å²) in [5.74, 6) is 1.70. The summed E-state index contributed by atoms with van der Waals surface area (Å²) in [5, 5.41) is 4.70. The topological polar surface area (TPSA) is 71.7 Å². The quantitative estimate of drug-likeness (QED) is 0.684. The number of carbonyl (C=O) groups is 1. The van der Waals surface area contributed by atoms with E-state index in [1.807, 2.05) is 18.2 Å². The molecular formula is C20H25ClN4O3. The highest BCUT2D eigenvalue weighted by Crippen LogP contribution is 2.39. The zero-order valence-electron chi connectivity index (χ0n) is 16.2. The third kappa shape index (κ3) is 3.92. The van der Waals surface area contributed by atoms with Gasteiger partial charge in [-0.1, -0.05) is 35.0 Å². The Balaban J connectivity index is 1.43. The molecule has 4 rings (SSSR count). The Labute approximate surface area is 169 Å². The molecule has 8 heteroatoms. The molecule has 1 saturated carbocycles. The van der Waals surface area contributed by atoms with Crippen molar-refractivity contribution in [3.8, 4) is 0 Å². The van der Waals surface area contributed by atoms with Gasteiger partial charge >= 0.3 is 5.97 Å². The van der Waals surface area contributed by atoms with Crippen molar-refractivity contribution in [3.05, 3.63) is 46.6 Å². The maximum absolute atomic E-state index is 12.5. The fourth-order valence-corrected chi connectivity index (χ4v) is 3.98. The van der Waals surface area contributed by atoms with Gasteiger partial charge in [0.05, 0.1) is 13.2 Å². The zero-order chi connectivity index (χ0) is 19.7. The summed E-state index contributed by atoms with van der Waals surface area (Å²) < 4.78 is 10.6. The Morgan fingerprint density at radius 1 is 1.21 bits per heavy atom. The van der Waals surface area contributed by atoms with Crippen molar-refractivity contribution in [2.24, 2.45) is 0 Å². The average Bonchev–Trinajstić information content (AvgIpc) is 3.46. The van der Waals surface area contributed by atoms with Crippen LogP contribution in [0.15, 0.2) is 28.8 Å². The van der Waals surface area contributed by atoms with Gasteiger partial charge in [0.2, 0.25) is 5.89 Å². The molecule has 2 aromatic rings. The largest absolute Gasteiger partial charge is 0.468 e. The molecule has 1 aromatic heterocycles. The van der Waals surface area contributed by atoms with Gasteiger partial charge in [-0.05, 0) is 31.4 Å². The molecule has 150 valence electrons. The number of methoxy groups -OCH3 is 1. The number of piperazine rings is 1. The number of hydrogen-bond acceptors (Lipinski definition) is 7. The molecule has 0 amide bonds. The summed E-state index contributed by atoms with van der Waals surface area (Å²) in [5.41, 5.74) is 0.781. The number of ether oxygens (including phenoxy) is 1. The average molecular weight is 405 g/mol. The highest BCUT2D eigenvalue weighted by atomic mass is 35.5. The van der Waals surface area contributed by atoms with Crippen LogP contribution in [0.5, 0.6) is 0 Å². The van der Waals surface area contributed by atoms with Crippen molar-refractivity contribution < 1.29 is 14.1 Å². The van der Waals surface area contributed by atoms with Crippen LogP contribution in [0.3, 0.4) is 0 Å². The molecule has 1 saturated heterocycles. The molecule has 1 aliphatic carbocycles. The van der Waals surface area contributed by atoms with E-state index in [1.165, 1.54) is 7.11 Å². The van der Waals surface area contributed by atoms with Gasteiger partial charge in [-0.15, -0.1) is 0 Å². The molecule has 0 radical (unpaired) electrons. The van der Waals surface area contributed by atoms with Crippen LogP contribution in [0.2, 0.25) is 5.02 Å². The Bertz CT molecular complexity index is 830. The van der Waals surface area contributed by atoms with Crippen LogP contribution in [0.1, 0.15) is 55.0 Å². The summed E-state index contributed by atoms with van der Waals surface area (Å²) in [6.07, 6.45) is 2.31. The fourth-order valence-electron chi connectivity index (χ4n) is 3.74. The third-order valence-electron chi connectivity index (χ3n) is 5.64. The van der Waals surface area contributed by atoms with Gasteiger partial charge < -0.3 is 9.26 Å². The van der Waals surface area contributed by atoms with Crippen LogP contribution < -0.4 is 0 Å². The van der Waals surface area contributed by atoms with Gasteiger partial charge in [-0.3, -0.25) is 9.80 Å². The van der Waals surface area contributed by atoms with Crippen molar-refractivity contribution in [1.29, 1.82) is 0 Å². The second kappa shape index (κ2) is 8.19. The van der Waals surface area contributed by atoms with Gasteiger partial charge in [0.25, 0.3) is 0 Å². The molecular weight excluding hydrogens is 380 g/mol. The first-order chi connectivity index (χ1) is 13.6. The van der Waals surface area contributed by atoms with Gasteiger partial charge in [-0.25, -0.2) is 4.79 Å². The lowest BCUT2D eigenvalue weighted by atomic mass is 10.0. The van der Waals surface area contributed by atoms with Crippen LogP contribution in [0, 0.1) is 0 Å². The Morgan fingerprint density at radius 3 is 2.54 bits per heavy atom. The highest BCUT2D eigenvalue weighted by molar-refractivity contribution is 6.31. The van der Waals surface area contributed by atoms with E-state index in [4.69, 9.17) is 20.9 Å². The van der Waals surface area contributed by atoms with Crippen molar-refractivity contribution in [3.63, 3.8) is 0 Å². The fraction of sp³-hybridized carbons (Fsp3) is 0.550. The molecule has 1 aliphatic heterocycles. The number of hydrogen-bond donors (Lipinski definition) is 0. The van der Waals surface area contributed by atoms with E-state index in [1.54, 1.807) is 6.07 Å². The summed E-state index contributed by atoms with van der Waals surface area (Å²) in [6, 6.07) is 7.00. The van der Waals surface area contributed by atoms with E-state index in [9.17, 15) is 4.79 Å². The first kappa shape index (κ1) is 19.4. The van der Waals surface area contributed by atoms with E-state index < -0.39 is 6.04 Å². The second-order valence-corrected chi connectivity index (χ2v) is 7.87. The van der Waals surface area contributed by atoms with Gasteiger partial charge in [0, 0.05) is 37.1 Å². The van der Waals surface area contributed by atoms with E-state index in [2.05, 4.69) is 26.9 Å². The van der Waals surface area contributed by atoms with Crippen molar-refractivity contribution in [2.45, 2.75) is 37.8 Å². The minimum absolute atomic E-state index is 0.0547. The standard InChI is InChI=1S/C20H25ClN4O3/c1-13(19-22-18(23-28-19)14-7-8-14)24-9-11-25(12-10-24)17(20(26)27-2)15-5-3-4-6-16(15)21/h3-6,13-14,17H,7-12H2,1-2H3/t13-,17-/m0/s1. The maximum atomic E-state index is 12.5. The zero-order valence-corrected chi connectivity index (χ0v) is 16.9. The minimum Gasteiger partial charge on any atom is -0.468 e. The molecule has 0 spiro atoms. The highest BCUT2D eigenvalue weighted by Gasteiger charge is 2.35. The number of esters is 1. The smallest absolute Gasteiger partial charge is 0.327 e. The Hall–Kier alpha value is -1.96. The van der Waals surface area contributed by atoms with Crippen LogP contribution >= 0.6 is 11.6 Å². The van der Waals surface area contributed by atoms with E-state index in [0.717, 1.165) is 50.4 Å². The molecule has 7 nitrogen and oxygen atoms in total. The summed E-state index contributed by atoms with van der Waals surface area (Å²) >= 11 is 6.36. The lowest BCUT2D eigenvalue weighted by Crippen LogP contribution is -2.50. The number of halogens is 1. The SMILES string of the molecule is COC(=O)[C@H](c1ccccc1Cl)N1CCN([C@@H](C)c2nc(C3CC3)no2)CC1. The molecule has 0 bridgehead atoms. The number of nitrogens with zero attached hydrogens (tertiary/aromatic N) is 4. The molecule has 0 unspecified atom stereocenters. The Morgan fingerprint density at radius 2 is 1.89 bits per heavy atom. The lowest BCUT2D eigenvalue weighted by molar-refractivity contribution is -0.148. The van der Waals surface area contributed by atoms with Crippen LogP contribution in [-0.4, -0.2) is 59.2 Å². The molecule has 1 aromatic carbocycles. The molecule has 2 fully saturated rings. The number of benzene rings is 1. The molecule has 28 heavy (non-hydrogen) atoms. The third-order valence-corrected chi connectivity index (χ3v) is 5.99. The van der Waals surface area contributed by atoms with Crippen molar-refractivity contribution in [1.82, 2.24) is 19.9 Å². The van der Waals surface area contributed by atoms with Crippen molar-refractivity contribution in [2.75, 3.05) is 33.3 Å².